The van der Waals surface area contributed by atoms with Crippen LogP contribution in [0.4, 0.5) is 0 Å². The summed E-state index contributed by atoms with van der Waals surface area (Å²) in [6.07, 6.45) is 1.87. The zero-order valence-electron chi connectivity index (χ0n) is 30.0. The van der Waals surface area contributed by atoms with Crippen molar-refractivity contribution >= 4 is 43.6 Å². The van der Waals surface area contributed by atoms with Gasteiger partial charge in [-0.1, -0.05) is 140 Å². The van der Waals surface area contributed by atoms with Crippen LogP contribution in [0.2, 0.25) is 0 Å². The van der Waals surface area contributed by atoms with Gasteiger partial charge in [0.25, 0.3) is 0 Å². The Hall–Kier alpha value is -6.70. The third-order valence-electron chi connectivity index (χ3n) is 11.2. The van der Waals surface area contributed by atoms with Gasteiger partial charge in [0.05, 0.1) is 40.6 Å². The van der Waals surface area contributed by atoms with Gasteiger partial charge >= 0.3 is 0 Å². The van der Waals surface area contributed by atoms with Crippen LogP contribution in [0.15, 0.2) is 188 Å². The average Bonchev–Trinajstić information content (AvgIpc) is 3.96. The van der Waals surface area contributed by atoms with Crippen molar-refractivity contribution < 1.29 is 0 Å². The number of hydrogen-bond donors (Lipinski definition) is 4. The van der Waals surface area contributed by atoms with Crippen molar-refractivity contribution in [1.82, 2.24) is 30.1 Å². The van der Waals surface area contributed by atoms with E-state index < -0.39 is 0 Å². The lowest BCUT2D eigenvalue weighted by atomic mass is 10.0. The largest absolute Gasteiger partial charge is 0.347 e. The molecule has 0 bridgehead atoms. The molecule has 1 saturated heterocycles. The number of nitrogens with one attached hydrogen (secondary N) is 4. The van der Waals surface area contributed by atoms with Crippen LogP contribution in [-0.2, 0) is 0 Å². The molecule has 264 valence electrons. The van der Waals surface area contributed by atoms with E-state index in [1.54, 1.807) is 0 Å². The Morgan fingerprint density at radius 1 is 0.345 bits per heavy atom. The summed E-state index contributed by atoms with van der Waals surface area (Å²) in [7, 11) is 0. The smallest absolute Gasteiger partial charge is 0.115 e. The molecule has 0 amide bonds. The van der Waals surface area contributed by atoms with Crippen LogP contribution in [0, 0.1) is 0 Å². The van der Waals surface area contributed by atoms with Crippen molar-refractivity contribution in [3.8, 4) is 22.6 Å². The number of nitrogens with zero attached hydrogens (tertiary/aromatic N) is 2. The Labute approximate surface area is 318 Å². The van der Waals surface area contributed by atoms with Gasteiger partial charge in [-0.2, -0.15) is 0 Å². The van der Waals surface area contributed by atoms with Crippen molar-refractivity contribution in [2.24, 2.45) is 0 Å². The second-order valence-electron chi connectivity index (χ2n) is 14.4. The SMILES string of the molecule is c1ccc(-c2ccc(C3NC(c4ccccc4)NC(c4c[nH]c(-n5c6ccccc6c6cc7c8ccccc8n(-c8ccccc8)c7cc65)c4)N3)cc2)cc1. The highest BCUT2D eigenvalue weighted by molar-refractivity contribution is 6.19. The molecule has 4 N–H and O–H groups in total. The van der Waals surface area contributed by atoms with Gasteiger partial charge in [-0.15, -0.1) is 0 Å². The van der Waals surface area contributed by atoms with E-state index in [0.717, 1.165) is 22.6 Å². The standard InChI is InChI=1S/C49H38N6/c1-4-14-32(15-5-1)33-24-26-35(27-25-33)48-51-47(34-16-6-2-7-17-34)52-49(53-48)36-28-46(50-31-36)55-43-23-13-11-21-39(43)41-29-40-38-20-10-12-22-42(38)54(44(40)30-45(41)55)37-18-8-3-9-19-37/h1-31,47-53H. The predicted octanol–water partition coefficient (Wildman–Crippen LogP) is 11.1. The lowest BCUT2D eigenvalue weighted by molar-refractivity contribution is 0.203. The molecule has 10 aromatic rings. The summed E-state index contributed by atoms with van der Waals surface area (Å²) in [6.45, 7) is 0. The monoisotopic (exact) mass is 710 g/mol. The van der Waals surface area contributed by atoms with Gasteiger partial charge in [0, 0.05) is 39.0 Å². The van der Waals surface area contributed by atoms with E-state index in [9.17, 15) is 0 Å². The lowest BCUT2D eigenvalue weighted by Crippen LogP contribution is -2.54. The van der Waals surface area contributed by atoms with E-state index >= 15 is 0 Å². The molecule has 7 aromatic carbocycles. The number of benzene rings is 7. The number of para-hydroxylation sites is 3. The summed E-state index contributed by atoms with van der Waals surface area (Å²) in [6, 6.07) is 65.3. The normalized spacial score (nSPS) is 17.4. The van der Waals surface area contributed by atoms with Crippen molar-refractivity contribution in [2.75, 3.05) is 0 Å². The maximum Gasteiger partial charge on any atom is 0.115 e. The summed E-state index contributed by atoms with van der Waals surface area (Å²) in [5.74, 6) is 1.02. The molecule has 0 spiro atoms. The Balaban J connectivity index is 1.02. The lowest BCUT2D eigenvalue weighted by Gasteiger charge is -2.39. The summed E-state index contributed by atoms with van der Waals surface area (Å²) in [4.78, 5) is 3.70. The zero-order chi connectivity index (χ0) is 36.3. The van der Waals surface area contributed by atoms with Crippen molar-refractivity contribution in [3.63, 3.8) is 0 Å². The maximum absolute atomic E-state index is 3.89. The highest BCUT2D eigenvalue weighted by Gasteiger charge is 2.30. The van der Waals surface area contributed by atoms with Gasteiger partial charge in [-0.3, -0.25) is 20.5 Å². The highest BCUT2D eigenvalue weighted by atomic mass is 15.4. The van der Waals surface area contributed by atoms with Gasteiger partial charge in [0.2, 0.25) is 0 Å². The fourth-order valence-electron chi connectivity index (χ4n) is 8.61. The Morgan fingerprint density at radius 3 is 1.49 bits per heavy atom. The Kier molecular flexibility index (Phi) is 7.52. The van der Waals surface area contributed by atoms with Crippen LogP contribution in [0.1, 0.15) is 35.2 Å². The molecule has 4 heterocycles. The second kappa shape index (κ2) is 13.0. The molecule has 0 radical (unpaired) electrons. The first kappa shape index (κ1) is 31.8. The molecule has 3 aromatic heterocycles. The molecule has 6 heteroatoms. The van der Waals surface area contributed by atoms with Crippen LogP contribution in [0.3, 0.4) is 0 Å². The minimum atomic E-state index is -0.129. The summed E-state index contributed by atoms with van der Waals surface area (Å²) in [5, 5.41) is 16.6. The minimum absolute atomic E-state index is 0.0639. The van der Waals surface area contributed by atoms with Gasteiger partial charge < -0.3 is 9.55 Å². The highest BCUT2D eigenvalue weighted by Crippen LogP contribution is 2.40. The molecule has 3 atom stereocenters. The molecular weight excluding hydrogens is 673 g/mol. The number of fused-ring (bicyclic) bond motifs is 6. The van der Waals surface area contributed by atoms with Gasteiger partial charge in [-0.25, -0.2) is 0 Å². The molecule has 1 aliphatic rings. The van der Waals surface area contributed by atoms with Crippen molar-refractivity contribution in [3.05, 3.63) is 205 Å². The summed E-state index contributed by atoms with van der Waals surface area (Å²) >= 11 is 0. The number of hydrogen-bond acceptors (Lipinski definition) is 3. The van der Waals surface area contributed by atoms with E-state index in [2.05, 4.69) is 218 Å². The fraction of sp³-hybridized carbons (Fsp3) is 0.0612. The number of aromatic nitrogens is 3. The van der Waals surface area contributed by atoms with Gasteiger partial charge in [0.15, 0.2) is 0 Å². The minimum Gasteiger partial charge on any atom is -0.347 e. The van der Waals surface area contributed by atoms with E-state index in [0.29, 0.717) is 0 Å². The molecular formula is C49H38N6. The average molecular weight is 711 g/mol. The van der Waals surface area contributed by atoms with E-state index in [4.69, 9.17) is 0 Å². The first-order valence-corrected chi connectivity index (χ1v) is 19.0. The van der Waals surface area contributed by atoms with E-state index in [-0.39, 0.29) is 18.5 Å². The molecule has 55 heavy (non-hydrogen) atoms. The molecule has 1 aliphatic heterocycles. The van der Waals surface area contributed by atoms with Crippen LogP contribution >= 0.6 is 0 Å². The van der Waals surface area contributed by atoms with Crippen LogP contribution in [0.25, 0.3) is 66.2 Å². The van der Waals surface area contributed by atoms with Gasteiger partial charge in [0.1, 0.15) is 5.82 Å². The third-order valence-corrected chi connectivity index (χ3v) is 11.2. The zero-order valence-corrected chi connectivity index (χ0v) is 30.0. The molecule has 6 nitrogen and oxygen atoms in total. The molecule has 0 saturated carbocycles. The Morgan fingerprint density at radius 2 is 0.836 bits per heavy atom. The predicted molar refractivity (Wildman–Crippen MR) is 225 cm³/mol. The summed E-state index contributed by atoms with van der Waals surface area (Å²) < 4.78 is 4.78. The quantitative estimate of drug-likeness (QED) is 0.139. The number of aromatic amines is 1. The molecule has 11 rings (SSSR count). The Bertz CT molecular complexity index is 2960. The van der Waals surface area contributed by atoms with Gasteiger partial charge in [-0.05, 0) is 64.7 Å². The van der Waals surface area contributed by atoms with E-state index in [1.165, 1.54) is 60.3 Å². The second-order valence-corrected chi connectivity index (χ2v) is 14.4. The number of H-pyrrole nitrogens is 1. The molecule has 1 fully saturated rings. The maximum atomic E-state index is 3.89. The van der Waals surface area contributed by atoms with Crippen molar-refractivity contribution in [2.45, 2.75) is 18.5 Å². The molecule has 0 aliphatic carbocycles. The first-order valence-electron chi connectivity index (χ1n) is 19.0. The van der Waals surface area contributed by atoms with Crippen LogP contribution < -0.4 is 16.0 Å². The van der Waals surface area contributed by atoms with Crippen LogP contribution in [-0.4, -0.2) is 14.1 Å². The van der Waals surface area contributed by atoms with E-state index in [1.807, 2.05) is 0 Å². The topological polar surface area (TPSA) is 61.7 Å². The molecule has 3 unspecified atom stereocenters. The third kappa shape index (κ3) is 5.38. The summed E-state index contributed by atoms with van der Waals surface area (Å²) in [5.41, 5.74) is 11.8. The van der Waals surface area contributed by atoms with Crippen molar-refractivity contribution in [1.29, 1.82) is 0 Å². The number of rotatable bonds is 6. The fourth-order valence-corrected chi connectivity index (χ4v) is 8.61. The first-order chi connectivity index (χ1) is 27.3. The van der Waals surface area contributed by atoms with Crippen LogP contribution in [0.5, 0.6) is 0 Å².